The zero-order chi connectivity index (χ0) is 29.3. The number of nitrogens with zero attached hydrogens (tertiary/aromatic N) is 2. The largest absolute Gasteiger partial charge is 0.310 e. The standard InChI is InChI=1S/C42H30N2.CH4/c1-5-15-31(16-6-1)43(32-17-7-2-8-18-32)35-25-27-39-40-28-26-36(30-42(40)38-24-14-13-23-37(38)41(39)29-35)44(33-19-9-3-10-20-33)34-21-11-4-12-22-34;/h1-30H;1H4. The van der Waals surface area contributed by atoms with Crippen molar-refractivity contribution in [3.8, 4) is 0 Å². The Bertz CT molecular complexity index is 1950. The van der Waals surface area contributed by atoms with E-state index in [4.69, 9.17) is 0 Å². The molecule has 0 aliphatic rings. The van der Waals surface area contributed by atoms with Crippen molar-refractivity contribution in [2.24, 2.45) is 0 Å². The summed E-state index contributed by atoms with van der Waals surface area (Å²) < 4.78 is 0. The van der Waals surface area contributed by atoms with Crippen molar-refractivity contribution in [2.45, 2.75) is 7.43 Å². The summed E-state index contributed by atoms with van der Waals surface area (Å²) in [5, 5.41) is 7.50. The van der Waals surface area contributed by atoms with Crippen LogP contribution in [-0.2, 0) is 0 Å². The summed E-state index contributed by atoms with van der Waals surface area (Å²) in [5.74, 6) is 0. The van der Waals surface area contributed by atoms with E-state index in [-0.39, 0.29) is 7.43 Å². The summed E-state index contributed by atoms with van der Waals surface area (Å²) in [6.07, 6.45) is 0. The molecule has 0 aliphatic carbocycles. The Morgan fingerprint density at radius 3 is 0.800 bits per heavy atom. The van der Waals surface area contributed by atoms with Gasteiger partial charge in [0.2, 0.25) is 0 Å². The van der Waals surface area contributed by atoms with Gasteiger partial charge in [-0.3, -0.25) is 0 Å². The SMILES string of the molecule is C.c1ccc(N(c2ccccc2)c2ccc3c4ccc(N(c5ccccc5)c5ccccc5)cc4c4ccccc4c3c2)cc1. The van der Waals surface area contributed by atoms with Gasteiger partial charge in [-0.25, -0.2) is 0 Å². The Labute approximate surface area is 265 Å². The molecule has 0 atom stereocenters. The molecule has 0 unspecified atom stereocenters. The minimum atomic E-state index is 0. The summed E-state index contributed by atoms with van der Waals surface area (Å²) in [5.41, 5.74) is 6.81. The number of anilines is 6. The smallest absolute Gasteiger partial charge is 0.0468 e. The predicted octanol–water partition coefficient (Wildman–Crippen LogP) is 12.7. The number of para-hydroxylation sites is 4. The van der Waals surface area contributed by atoms with E-state index in [1.807, 2.05) is 0 Å². The molecule has 8 aromatic carbocycles. The molecule has 8 aromatic rings. The first-order valence-electron chi connectivity index (χ1n) is 15.0. The monoisotopic (exact) mass is 578 g/mol. The average Bonchev–Trinajstić information content (AvgIpc) is 3.10. The van der Waals surface area contributed by atoms with E-state index in [0.717, 1.165) is 34.1 Å². The molecule has 0 radical (unpaired) electrons. The zero-order valence-electron chi connectivity index (χ0n) is 24.2. The number of rotatable bonds is 6. The highest BCUT2D eigenvalue weighted by Crippen LogP contribution is 2.43. The molecule has 216 valence electrons. The van der Waals surface area contributed by atoms with Gasteiger partial charge in [0.15, 0.2) is 0 Å². The molecule has 0 bridgehead atoms. The van der Waals surface area contributed by atoms with Gasteiger partial charge in [-0.1, -0.05) is 117 Å². The maximum absolute atomic E-state index is 2.35. The van der Waals surface area contributed by atoms with Gasteiger partial charge >= 0.3 is 0 Å². The van der Waals surface area contributed by atoms with E-state index in [9.17, 15) is 0 Å². The van der Waals surface area contributed by atoms with E-state index in [0.29, 0.717) is 0 Å². The lowest BCUT2D eigenvalue weighted by atomic mass is 9.93. The average molecular weight is 579 g/mol. The molecule has 8 rings (SSSR count). The Hall–Kier alpha value is -5.86. The maximum Gasteiger partial charge on any atom is 0.0468 e. The van der Waals surface area contributed by atoms with Crippen LogP contribution in [0, 0.1) is 0 Å². The summed E-state index contributed by atoms with van der Waals surface area (Å²) >= 11 is 0. The molecule has 0 aromatic heterocycles. The third-order valence-corrected chi connectivity index (χ3v) is 8.38. The van der Waals surface area contributed by atoms with E-state index in [1.54, 1.807) is 0 Å². The van der Waals surface area contributed by atoms with Crippen molar-refractivity contribution in [1.82, 2.24) is 0 Å². The quantitative estimate of drug-likeness (QED) is 0.181. The topological polar surface area (TPSA) is 6.48 Å². The van der Waals surface area contributed by atoms with Crippen LogP contribution in [0.15, 0.2) is 182 Å². The molecule has 0 aliphatic heterocycles. The normalized spacial score (nSPS) is 10.9. The fourth-order valence-electron chi connectivity index (χ4n) is 6.41. The molecule has 2 heteroatoms. The molecule has 2 nitrogen and oxygen atoms in total. The second kappa shape index (κ2) is 12.0. The van der Waals surface area contributed by atoms with E-state index < -0.39 is 0 Å². The lowest BCUT2D eigenvalue weighted by Gasteiger charge is -2.27. The van der Waals surface area contributed by atoms with Crippen molar-refractivity contribution in [3.63, 3.8) is 0 Å². The van der Waals surface area contributed by atoms with E-state index in [2.05, 4.69) is 192 Å². The van der Waals surface area contributed by atoms with Crippen molar-refractivity contribution >= 4 is 66.4 Å². The molecule has 0 heterocycles. The molecule has 0 saturated carbocycles. The predicted molar refractivity (Wildman–Crippen MR) is 195 cm³/mol. The van der Waals surface area contributed by atoms with Crippen LogP contribution in [0.25, 0.3) is 32.3 Å². The molecule has 0 saturated heterocycles. The van der Waals surface area contributed by atoms with Crippen LogP contribution >= 0.6 is 0 Å². The van der Waals surface area contributed by atoms with Crippen LogP contribution in [0.1, 0.15) is 7.43 Å². The molecule has 0 N–H and O–H groups in total. The van der Waals surface area contributed by atoms with Gasteiger partial charge in [-0.05, 0) is 105 Å². The Morgan fingerprint density at radius 2 is 0.489 bits per heavy atom. The van der Waals surface area contributed by atoms with Crippen LogP contribution in [0.2, 0.25) is 0 Å². The second-order valence-corrected chi connectivity index (χ2v) is 11.0. The third-order valence-electron chi connectivity index (χ3n) is 8.38. The summed E-state index contributed by atoms with van der Waals surface area (Å²) in [6, 6.07) is 65.0. The highest BCUT2D eigenvalue weighted by atomic mass is 15.1. The van der Waals surface area contributed by atoms with Crippen LogP contribution in [-0.4, -0.2) is 0 Å². The van der Waals surface area contributed by atoms with Crippen LogP contribution < -0.4 is 9.80 Å². The summed E-state index contributed by atoms with van der Waals surface area (Å²) in [7, 11) is 0. The minimum absolute atomic E-state index is 0. The number of benzene rings is 8. The summed E-state index contributed by atoms with van der Waals surface area (Å²) in [4.78, 5) is 4.66. The number of fused-ring (bicyclic) bond motifs is 6. The molecule has 0 fully saturated rings. The van der Waals surface area contributed by atoms with Crippen LogP contribution in [0.5, 0.6) is 0 Å². The van der Waals surface area contributed by atoms with Gasteiger partial charge < -0.3 is 9.80 Å². The first kappa shape index (κ1) is 27.9. The molecular weight excluding hydrogens is 544 g/mol. The summed E-state index contributed by atoms with van der Waals surface area (Å²) in [6.45, 7) is 0. The van der Waals surface area contributed by atoms with Gasteiger partial charge in [0.25, 0.3) is 0 Å². The highest BCUT2D eigenvalue weighted by Gasteiger charge is 2.17. The van der Waals surface area contributed by atoms with Crippen molar-refractivity contribution in [1.29, 1.82) is 0 Å². The number of hydrogen-bond donors (Lipinski definition) is 0. The van der Waals surface area contributed by atoms with E-state index >= 15 is 0 Å². The first-order chi connectivity index (χ1) is 21.8. The third kappa shape index (κ3) is 5.07. The minimum Gasteiger partial charge on any atom is -0.310 e. The van der Waals surface area contributed by atoms with Gasteiger partial charge in [0, 0.05) is 34.1 Å². The fraction of sp³-hybridized carbons (Fsp3) is 0.0233. The van der Waals surface area contributed by atoms with Crippen LogP contribution in [0.3, 0.4) is 0 Å². The van der Waals surface area contributed by atoms with Gasteiger partial charge in [0.05, 0.1) is 0 Å². The zero-order valence-corrected chi connectivity index (χ0v) is 24.2. The Morgan fingerprint density at radius 1 is 0.222 bits per heavy atom. The fourth-order valence-corrected chi connectivity index (χ4v) is 6.41. The van der Waals surface area contributed by atoms with Crippen molar-refractivity contribution < 1.29 is 0 Å². The lowest BCUT2D eigenvalue weighted by Crippen LogP contribution is -2.10. The number of hydrogen-bond acceptors (Lipinski definition) is 2. The lowest BCUT2D eigenvalue weighted by molar-refractivity contribution is 1.29. The van der Waals surface area contributed by atoms with E-state index in [1.165, 1.54) is 32.3 Å². The molecular formula is C43H34N2. The van der Waals surface area contributed by atoms with Gasteiger partial charge in [-0.2, -0.15) is 0 Å². The highest BCUT2D eigenvalue weighted by molar-refractivity contribution is 6.26. The van der Waals surface area contributed by atoms with Crippen LogP contribution in [0.4, 0.5) is 34.1 Å². The van der Waals surface area contributed by atoms with Crippen molar-refractivity contribution in [2.75, 3.05) is 9.80 Å². The van der Waals surface area contributed by atoms with Gasteiger partial charge in [0.1, 0.15) is 0 Å². The second-order valence-electron chi connectivity index (χ2n) is 11.0. The molecule has 45 heavy (non-hydrogen) atoms. The molecule has 0 spiro atoms. The first-order valence-corrected chi connectivity index (χ1v) is 15.0. The Kier molecular flexibility index (Phi) is 7.47. The maximum atomic E-state index is 2.35. The molecule has 0 amide bonds. The van der Waals surface area contributed by atoms with Gasteiger partial charge in [-0.15, -0.1) is 0 Å². The Balaban J connectivity index is 0.00000325. The van der Waals surface area contributed by atoms with Crippen molar-refractivity contribution in [3.05, 3.63) is 182 Å².